The predicted octanol–water partition coefficient (Wildman–Crippen LogP) is -0.326. The van der Waals surface area contributed by atoms with Gasteiger partial charge in [-0.2, -0.15) is 9.40 Å². The zero-order valence-electron chi connectivity index (χ0n) is 12.2. The Kier molecular flexibility index (Phi) is 5.93. The van der Waals surface area contributed by atoms with Crippen molar-refractivity contribution < 1.29 is 17.9 Å². The second-order valence-corrected chi connectivity index (χ2v) is 6.32. The summed E-state index contributed by atoms with van der Waals surface area (Å²) in [6, 6.07) is -0.334. The molecule has 20 heavy (non-hydrogen) atoms. The van der Waals surface area contributed by atoms with Crippen molar-refractivity contribution in [3.63, 3.8) is 0 Å². The minimum absolute atomic E-state index is 0.000874. The molecule has 0 aliphatic rings. The average Bonchev–Trinajstić information content (AvgIpc) is 2.69. The first kappa shape index (κ1) is 16.9. The first-order chi connectivity index (χ1) is 9.34. The molecule has 116 valence electrons. The number of rotatable bonds is 8. The summed E-state index contributed by atoms with van der Waals surface area (Å²) in [6.45, 7) is 2.55. The molecule has 1 atom stereocenters. The Morgan fingerprint density at radius 1 is 1.45 bits per heavy atom. The van der Waals surface area contributed by atoms with Crippen LogP contribution in [0.25, 0.3) is 0 Å². The molecule has 0 aliphatic heterocycles. The van der Waals surface area contributed by atoms with E-state index < -0.39 is 10.0 Å². The fourth-order valence-corrected chi connectivity index (χ4v) is 3.59. The van der Waals surface area contributed by atoms with Crippen LogP contribution in [0.4, 0.5) is 5.82 Å². The third-order valence-electron chi connectivity index (χ3n) is 2.82. The second-order valence-electron chi connectivity index (χ2n) is 4.47. The van der Waals surface area contributed by atoms with E-state index in [-0.39, 0.29) is 36.5 Å². The molecule has 0 bridgehead atoms. The Morgan fingerprint density at radius 2 is 2.10 bits per heavy atom. The molecule has 0 aromatic carbocycles. The summed E-state index contributed by atoms with van der Waals surface area (Å²) in [4.78, 5) is -0.000874. The van der Waals surface area contributed by atoms with Crippen LogP contribution in [0.3, 0.4) is 0 Å². The number of nitrogens with two attached hydrogens (primary N) is 1. The van der Waals surface area contributed by atoms with E-state index in [4.69, 9.17) is 15.2 Å². The number of ether oxygens (including phenoxy) is 2. The molecule has 0 amide bonds. The molecule has 1 aromatic heterocycles. The normalized spacial score (nSPS) is 13.8. The van der Waals surface area contributed by atoms with Crippen LogP contribution >= 0.6 is 0 Å². The zero-order chi connectivity index (χ0) is 15.3. The number of aryl methyl sites for hydroxylation is 1. The monoisotopic (exact) mass is 306 g/mol. The summed E-state index contributed by atoms with van der Waals surface area (Å²) in [5, 5.41) is 3.87. The fraction of sp³-hybridized carbons (Fsp3) is 0.727. The van der Waals surface area contributed by atoms with Gasteiger partial charge in [-0.1, -0.05) is 0 Å². The number of aromatic nitrogens is 2. The van der Waals surface area contributed by atoms with Crippen molar-refractivity contribution >= 4 is 15.8 Å². The zero-order valence-corrected chi connectivity index (χ0v) is 13.1. The lowest BCUT2D eigenvalue weighted by Gasteiger charge is -2.27. The van der Waals surface area contributed by atoms with Crippen molar-refractivity contribution in [1.82, 2.24) is 14.1 Å². The molecule has 9 heteroatoms. The van der Waals surface area contributed by atoms with Crippen molar-refractivity contribution in [3.05, 3.63) is 6.20 Å². The molecule has 8 nitrogen and oxygen atoms in total. The van der Waals surface area contributed by atoms with Crippen molar-refractivity contribution in [2.75, 3.05) is 39.7 Å². The first-order valence-electron chi connectivity index (χ1n) is 6.13. The lowest BCUT2D eigenvalue weighted by molar-refractivity contribution is 0.119. The van der Waals surface area contributed by atoms with Crippen molar-refractivity contribution in [1.29, 1.82) is 0 Å². The molecule has 0 fully saturated rings. The summed E-state index contributed by atoms with van der Waals surface area (Å²) in [5.74, 6) is -0.0143. The van der Waals surface area contributed by atoms with Crippen molar-refractivity contribution in [2.45, 2.75) is 17.9 Å². The highest BCUT2D eigenvalue weighted by molar-refractivity contribution is 7.89. The third-order valence-corrected chi connectivity index (χ3v) is 4.85. The Hall–Kier alpha value is -1.16. The van der Waals surface area contributed by atoms with Gasteiger partial charge in [0.15, 0.2) is 5.82 Å². The molecule has 2 N–H and O–H groups in total. The smallest absolute Gasteiger partial charge is 0.248 e. The number of methoxy groups -OCH3 is 2. The van der Waals surface area contributed by atoms with Crippen LogP contribution < -0.4 is 5.73 Å². The molecule has 0 aliphatic carbocycles. The van der Waals surface area contributed by atoms with Gasteiger partial charge in [0.25, 0.3) is 0 Å². The first-order valence-corrected chi connectivity index (χ1v) is 7.57. The van der Waals surface area contributed by atoms with Crippen LogP contribution in [0.2, 0.25) is 0 Å². The second kappa shape index (κ2) is 7.02. The number of hydrogen-bond acceptors (Lipinski definition) is 6. The molecule has 1 heterocycles. The molecule has 0 spiro atoms. The van der Waals surface area contributed by atoms with Gasteiger partial charge in [0, 0.05) is 40.1 Å². The molecular formula is C11H22N4O4S. The average molecular weight is 306 g/mol. The maximum atomic E-state index is 12.7. The van der Waals surface area contributed by atoms with Gasteiger partial charge in [-0.25, -0.2) is 8.42 Å². The molecule has 0 saturated heterocycles. The molecule has 1 aromatic rings. The Bertz CT molecular complexity index is 529. The molecule has 1 unspecified atom stereocenters. The summed E-state index contributed by atoms with van der Waals surface area (Å²) < 4.78 is 38.0. The predicted molar refractivity (Wildman–Crippen MR) is 74.7 cm³/mol. The van der Waals surface area contributed by atoms with Gasteiger partial charge in [0.2, 0.25) is 10.0 Å². The molecule has 0 radical (unpaired) electrons. The molecule has 0 saturated carbocycles. The van der Waals surface area contributed by atoms with Gasteiger partial charge in [0.1, 0.15) is 4.90 Å². The highest BCUT2D eigenvalue weighted by atomic mass is 32.2. The van der Waals surface area contributed by atoms with E-state index in [1.165, 1.54) is 29.4 Å². The SMILES string of the molecule is COCCN(C(C)COC)S(=O)(=O)c1cn(C)nc1N. The summed E-state index contributed by atoms with van der Waals surface area (Å²) in [5.41, 5.74) is 5.67. The quantitative estimate of drug-likeness (QED) is 0.706. The Balaban J connectivity index is 3.13. The van der Waals surface area contributed by atoms with Gasteiger partial charge >= 0.3 is 0 Å². The van der Waals surface area contributed by atoms with E-state index in [0.29, 0.717) is 0 Å². The summed E-state index contributed by atoms with van der Waals surface area (Å²) >= 11 is 0. The van der Waals surface area contributed by atoms with E-state index in [2.05, 4.69) is 5.10 Å². The number of sulfonamides is 1. The van der Waals surface area contributed by atoms with Crippen molar-refractivity contribution in [3.8, 4) is 0 Å². The number of anilines is 1. The van der Waals surface area contributed by atoms with Crippen LogP contribution in [0, 0.1) is 0 Å². The van der Waals surface area contributed by atoms with Gasteiger partial charge in [-0.15, -0.1) is 0 Å². The fourth-order valence-electron chi connectivity index (χ4n) is 1.89. The minimum Gasteiger partial charge on any atom is -0.383 e. The van der Waals surface area contributed by atoms with Crippen LogP contribution in [0.15, 0.2) is 11.1 Å². The number of hydrogen-bond donors (Lipinski definition) is 1. The number of nitrogens with zero attached hydrogens (tertiary/aromatic N) is 3. The van der Waals surface area contributed by atoms with Gasteiger partial charge < -0.3 is 15.2 Å². The third kappa shape index (κ3) is 3.69. The van der Waals surface area contributed by atoms with E-state index in [0.717, 1.165) is 0 Å². The van der Waals surface area contributed by atoms with Crippen molar-refractivity contribution in [2.24, 2.45) is 7.05 Å². The maximum Gasteiger partial charge on any atom is 0.248 e. The lowest BCUT2D eigenvalue weighted by atomic mass is 10.3. The summed E-state index contributed by atoms with van der Waals surface area (Å²) in [6.07, 6.45) is 1.39. The summed E-state index contributed by atoms with van der Waals surface area (Å²) in [7, 11) is 0.921. The van der Waals surface area contributed by atoms with Gasteiger partial charge in [-0.3, -0.25) is 4.68 Å². The van der Waals surface area contributed by atoms with Crippen LogP contribution in [-0.2, 0) is 26.5 Å². The maximum absolute atomic E-state index is 12.7. The lowest BCUT2D eigenvalue weighted by Crippen LogP contribution is -2.43. The van der Waals surface area contributed by atoms with E-state index in [1.807, 2.05) is 0 Å². The van der Waals surface area contributed by atoms with Crippen LogP contribution in [0.1, 0.15) is 6.92 Å². The minimum atomic E-state index is -3.74. The van der Waals surface area contributed by atoms with Crippen LogP contribution in [-0.4, -0.2) is 62.5 Å². The molecule has 1 rings (SSSR count). The Morgan fingerprint density at radius 3 is 2.55 bits per heavy atom. The topological polar surface area (TPSA) is 99.7 Å². The standard InChI is InChI=1S/C11H22N4O4S/c1-9(8-19-4)15(5-6-18-3)20(16,17)10-7-14(2)13-11(10)12/h7,9H,5-6,8H2,1-4H3,(H2,12,13). The van der Waals surface area contributed by atoms with Gasteiger partial charge in [0.05, 0.1) is 13.2 Å². The van der Waals surface area contributed by atoms with Gasteiger partial charge in [-0.05, 0) is 6.92 Å². The highest BCUT2D eigenvalue weighted by Crippen LogP contribution is 2.22. The van der Waals surface area contributed by atoms with E-state index in [1.54, 1.807) is 14.0 Å². The number of nitrogen functional groups attached to an aromatic ring is 1. The van der Waals surface area contributed by atoms with E-state index in [9.17, 15) is 8.42 Å². The molecular weight excluding hydrogens is 284 g/mol. The van der Waals surface area contributed by atoms with Crippen LogP contribution in [0.5, 0.6) is 0 Å². The Labute approximate surface area is 119 Å². The largest absolute Gasteiger partial charge is 0.383 e. The van der Waals surface area contributed by atoms with E-state index >= 15 is 0 Å². The highest BCUT2D eigenvalue weighted by Gasteiger charge is 2.32.